The predicted molar refractivity (Wildman–Crippen MR) is 112 cm³/mol. The minimum Gasteiger partial charge on any atom is -0.493 e. The lowest BCUT2D eigenvalue weighted by Gasteiger charge is -2.14. The molecule has 0 aliphatic carbocycles. The Hall–Kier alpha value is -3.08. The Kier molecular flexibility index (Phi) is 6.37. The van der Waals surface area contributed by atoms with Crippen LogP contribution in [0.2, 0.25) is 0 Å². The van der Waals surface area contributed by atoms with Crippen LogP contribution >= 0.6 is 22.6 Å². The number of carboxylic acids is 1. The van der Waals surface area contributed by atoms with Crippen molar-refractivity contribution in [1.82, 2.24) is 10.2 Å². The Morgan fingerprint density at radius 3 is 2.62 bits per heavy atom. The molecule has 0 bridgehead atoms. The maximum Gasteiger partial charge on any atom is 0.329 e. The van der Waals surface area contributed by atoms with Gasteiger partial charge in [0.1, 0.15) is 18.8 Å². The lowest BCUT2D eigenvalue weighted by atomic mass is 10.1. The van der Waals surface area contributed by atoms with E-state index in [1.165, 1.54) is 13.2 Å². The van der Waals surface area contributed by atoms with Crippen molar-refractivity contribution in [2.75, 3.05) is 13.7 Å². The Morgan fingerprint density at radius 1 is 1.24 bits per heavy atom. The molecule has 29 heavy (non-hydrogen) atoms. The van der Waals surface area contributed by atoms with Crippen molar-refractivity contribution in [3.8, 4) is 11.5 Å². The van der Waals surface area contributed by atoms with Crippen LogP contribution in [0.15, 0.2) is 48.2 Å². The molecule has 1 saturated heterocycles. The summed E-state index contributed by atoms with van der Waals surface area (Å²) in [6.45, 7) is -0.332. The molecule has 3 rings (SSSR count). The third-order valence-corrected chi connectivity index (χ3v) is 4.85. The zero-order chi connectivity index (χ0) is 21.0. The summed E-state index contributed by atoms with van der Waals surface area (Å²) in [6.07, 6.45) is 1.47. The van der Waals surface area contributed by atoms with Gasteiger partial charge in [0.2, 0.25) is 0 Å². The number of nitrogens with one attached hydrogen (secondary N) is 1. The fraction of sp³-hybridized carbons (Fsp3) is 0.150. The van der Waals surface area contributed by atoms with E-state index < -0.39 is 24.5 Å². The number of carboxylic acid groups (broad SMARTS) is 1. The van der Waals surface area contributed by atoms with E-state index in [4.69, 9.17) is 14.6 Å². The molecule has 0 atom stereocenters. The summed E-state index contributed by atoms with van der Waals surface area (Å²) in [5, 5.41) is 11.2. The van der Waals surface area contributed by atoms with Crippen molar-refractivity contribution >= 4 is 46.6 Å². The molecule has 2 aromatic carbocycles. The lowest BCUT2D eigenvalue weighted by molar-refractivity contribution is -0.140. The average Bonchev–Trinajstić information content (AvgIpc) is 2.94. The number of urea groups is 1. The van der Waals surface area contributed by atoms with Gasteiger partial charge in [-0.3, -0.25) is 9.59 Å². The Bertz CT molecular complexity index is 990. The normalized spacial score (nSPS) is 14.8. The second-order valence-electron chi connectivity index (χ2n) is 6.08. The van der Waals surface area contributed by atoms with Gasteiger partial charge in [-0.2, -0.15) is 0 Å². The molecule has 0 spiro atoms. The van der Waals surface area contributed by atoms with Gasteiger partial charge < -0.3 is 19.9 Å². The summed E-state index contributed by atoms with van der Waals surface area (Å²) < 4.78 is 12.1. The van der Waals surface area contributed by atoms with Crippen LogP contribution < -0.4 is 14.8 Å². The van der Waals surface area contributed by atoms with Gasteiger partial charge in [0, 0.05) is 0 Å². The molecule has 1 heterocycles. The number of carbonyl (C=O) groups is 3. The van der Waals surface area contributed by atoms with E-state index in [-0.39, 0.29) is 5.70 Å². The van der Waals surface area contributed by atoms with Crippen LogP contribution in [-0.2, 0) is 16.2 Å². The molecule has 9 heteroatoms. The first-order valence-electron chi connectivity index (χ1n) is 8.49. The van der Waals surface area contributed by atoms with E-state index >= 15 is 0 Å². The molecule has 1 aliphatic rings. The van der Waals surface area contributed by atoms with Gasteiger partial charge in [-0.15, -0.1) is 0 Å². The summed E-state index contributed by atoms with van der Waals surface area (Å²) in [7, 11) is 1.51. The lowest BCUT2D eigenvalue weighted by Crippen LogP contribution is -2.35. The van der Waals surface area contributed by atoms with Gasteiger partial charge in [0.25, 0.3) is 5.91 Å². The van der Waals surface area contributed by atoms with E-state index in [0.29, 0.717) is 28.6 Å². The Labute approximate surface area is 180 Å². The number of benzene rings is 2. The zero-order valence-corrected chi connectivity index (χ0v) is 17.5. The van der Waals surface area contributed by atoms with Gasteiger partial charge in [-0.25, -0.2) is 9.69 Å². The van der Waals surface area contributed by atoms with Gasteiger partial charge in [0.05, 0.1) is 10.7 Å². The monoisotopic (exact) mass is 508 g/mol. The minimum absolute atomic E-state index is 0.00735. The second-order valence-corrected chi connectivity index (χ2v) is 7.24. The highest BCUT2D eigenvalue weighted by Crippen LogP contribution is 2.35. The van der Waals surface area contributed by atoms with Gasteiger partial charge in [-0.1, -0.05) is 30.3 Å². The number of rotatable bonds is 7. The molecule has 0 aromatic heterocycles. The van der Waals surface area contributed by atoms with Crippen LogP contribution in [0.5, 0.6) is 11.5 Å². The molecule has 0 unspecified atom stereocenters. The fourth-order valence-electron chi connectivity index (χ4n) is 2.71. The summed E-state index contributed by atoms with van der Waals surface area (Å²) in [6, 6.07) is 12.4. The highest BCUT2D eigenvalue weighted by atomic mass is 127. The number of hydrogen-bond donors (Lipinski definition) is 2. The molecule has 150 valence electrons. The van der Waals surface area contributed by atoms with Gasteiger partial charge >= 0.3 is 12.0 Å². The Balaban J connectivity index is 1.83. The van der Waals surface area contributed by atoms with E-state index in [1.807, 2.05) is 30.3 Å². The largest absolute Gasteiger partial charge is 0.493 e. The summed E-state index contributed by atoms with van der Waals surface area (Å²) in [5.41, 5.74) is 1.60. The molecule has 1 aliphatic heterocycles. The van der Waals surface area contributed by atoms with E-state index in [1.54, 1.807) is 12.1 Å². The third kappa shape index (κ3) is 4.86. The van der Waals surface area contributed by atoms with Crippen LogP contribution in [0.25, 0.3) is 6.08 Å². The van der Waals surface area contributed by atoms with Gasteiger partial charge in [-0.05, 0) is 51.9 Å². The number of ether oxygens (including phenoxy) is 2. The molecular formula is C20H17IN2O6. The first-order valence-corrected chi connectivity index (χ1v) is 9.57. The van der Waals surface area contributed by atoms with Crippen molar-refractivity contribution in [2.24, 2.45) is 0 Å². The Morgan fingerprint density at radius 2 is 1.97 bits per heavy atom. The standard InChI is InChI=1S/C20H17IN2O6/c1-28-16-9-13(8-15-19(26)23(10-17(24)25)20(27)22-15)7-14(21)18(16)29-11-12-5-3-2-4-6-12/h2-9H,10-11H2,1H3,(H,22,27)(H,24,25)/b15-8+. The number of amides is 3. The maximum atomic E-state index is 12.3. The first-order chi connectivity index (χ1) is 13.9. The highest BCUT2D eigenvalue weighted by molar-refractivity contribution is 14.1. The summed E-state index contributed by atoms with van der Waals surface area (Å²) in [5.74, 6) is -0.936. The van der Waals surface area contributed by atoms with E-state index in [9.17, 15) is 14.4 Å². The van der Waals surface area contributed by atoms with Crippen molar-refractivity contribution in [1.29, 1.82) is 0 Å². The maximum absolute atomic E-state index is 12.3. The molecule has 3 amide bonds. The molecule has 2 aromatic rings. The fourth-order valence-corrected chi connectivity index (χ4v) is 3.49. The minimum atomic E-state index is -1.27. The number of aliphatic carboxylic acids is 1. The van der Waals surface area contributed by atoms with Crippen molar-refractivity contribution in [3.05, 3.63) is 62.9 Å². The SMILES string of the molecule is COc1cc(/C=C2/NC(=O)N(CC(=O)O)C2=O)cc(I)c1OCc1ccccc1. The topological polar surface area (TPSA) is 105 Å². The van der Waals surface area contributed by atoms with Crippen LogP contribution in [0, 0.1) is 3.57 Å². The van der Waals surface area contributed by atoms with Gasteiger partial charge in [0.15, 0.2) is 11.5 Å². The van der Waals surface area contributed by atoms with Crippen LogP contribution in [0.4, 0.5) is 4.79 Å². The molecular weight excluding hydrogens is 491 g/mol. The molecule has 1 fully saturated rings. The number of halogens is 1. The van der Waals surface area contributed by atoms with Crippen LogP contribution in [0.3, 0.4) is 0 Å². The highest BCUT2D eigenvalue weighted by Gasteiger charge is 2.34. The predicted octanol–water partition coefficient (Wildman–Crippen LogP) is 2.86. The van der Waals surface area contributed by atoms with Crippen molar-refractivity contribution < 1.29 is 29.0 Å². The number of hydrogen-bond acceptors (Lipinski definition) is 5. The summed E-state index contributed by atoms with van der Waals surface area (Å²) >= 11 is 2.10. The third-order valence-electron chi connectivity index (χ3n) is 4.04. The molecule has 2 N–H and O–H groups in total. The number of imide groups is 1. The van der Waals surface area contributed by atoms with Crippen molar-refractivity contribution in [2.45, 2.75) is 6.61 Å². The molecule has 0 saturated carbocycles. The average molecular weight is 508 g/mol. The van der Waals surface area contributed by atoms with Crippen molar-refractivity contribution in [3.63, 3.8) is 0 Å². The second kappa shape index (κ2) is 8.95. The number of methoxy groups -OCH3 is 1. The van der Waals surface area contributed by atoms with Crippen LogP contribution in [-0.4, -0.2) is 41.6 Å². The number of nitrogens with zero attached hydrogens (tertiary/aromatic N) is 1. The smallest absolute Gasteiger partial charge is 0.329 e. The number of carbonyl (C=O) groups excluding carboxylic acids is 2. The first kappa shape index (κ1) is 20.6. The quantitative estimate of drug-likeness (QED) is 0.339. The molecule has 8 nitrogen and oxygen atoms in total. The molecule has 0 radical (unpaired) electrons. The van der Waals surface area contributed by atoms with Crippen LogP contribution in [0.1, 0.15) is 11.1 Å². The zero-order valence-electron chi connectivity index (χ0n) is 15.3. The van der Waals surface area contributed by atoms with E-state index in [2.05, 4.69) is 27.9 Å². The van der Waals surface area contributed by atoms with E-state index in [0.717, 1.165) is 9.13 Å². The summed E-state index contributed by atoms with van der Waals surface area (Å²) in [4.78, 5) is 35.6.